The van der Waals surface area contributed by atoms with Crippen LogP contribution in [0.1, 0.15) is 0 Å². The Morgan fingerprint density at radius 3 is 2.10 bits per heavy atom. The molecule has 0 saturated heterocycles. The Morgan fingerprint density at radius 2 is 1.52 bits per heavy atom. The molecule has 0 spiro atoms. The molecular formula is C17H15BrN4O5S2. The van der Waals surface area contributed by atoms with Gasteiger partial charge in [0.2, 0.25) is 5.88 Å². The zero-order valence-electron chi connectivity index (χ0n) is 14.9. The second kappa shape index (κ2) is 8.35. The van der Waals surface area contributed by atoms with Crippen molar-refractivity contribution in [1.29, 1.82) is 0 Å². The van der Waals surface area contributed by atoms with Crippen LogP contribution in [-0.4, -0.2) is 34.1 Å². The maximum atomic E-state index is 12.5. The molecule has 0 unspecified atom stereocenters. The molecule has 3 rings (SSSR count). The third kappa shape index (κ3) is 5.22. The molecular weight excluding hydrogens is 484 g/mol. The van der Waals surface area contributed by atoms with E-state index in [0.29, 0.717) is 4.47 Å². The first-order valence-corrected chi connectivity index (χ1v) is 11.7. The zero-order chi connectivity index (χ0) is 21.1. The predicted octanol–water partition coefficient (Wildman–Crippen LogP) is 2.85. The van der Waals surface area contributed by atoms with Gasteiger partial charge in [0, 0.05) is 16.2 Å². The third-order valence-electron chi connectivity index (χ3n) is 3.61. The van der Waals surface area contributed by atoms with E-state index in [4.69, 9.17) is 4.74 Å². The van der Waals surface area contributed by atoms with Crippen molar-refractivity contribution in [1.82, 2.24) is 10.2 Å². The van der Waals surface area contributed by atoms with Gasteiger partial charge in [-0.25, -0.2) is 16.8 Å². The van der Waals surface area contributed by atoms with Gasteiger partial charge >= 0.3 is 0 Å². The minimum absolute atomic E-state index is 0.0187. The molecule has 3 aromatic rings. The zero-order valence-corrected chi connectivity index (χ0v) is 18.1. The summed E-state index contributed by atoms with van der Waals surface area (Å²) in [5.41, 5.74) is 0.216. The third-order valence-corrected chi connectivity index (χ3v) is 6.85. The molecule has 2 N–H and O–H groups in total. The lowest BCUT2D eigenvalue weighted by Crippen LogP contribution is -2.15. The normalized spacial score (nSPS) is 11.7. The van der Waals surface area contributed by atoms with Crippen molar-refractivity contribution in [3.05, 3.63) is 65.1 Å². The van der Waals surface area contributed by atoms with Crippen LogP contribution >= 0.6 is 15.9 Å². The van der Waals surface area contributed by atoms with Crippen LogP contribution in [0, 0.1) is 0 Å². The Balaban J connectivity index is 1.76. The van der Waals surface area contributed by atoms with Gasteiger partial charge in [-0.3, -0.25) is 9.44 Å². The summed E-state index contributed by atoms with van der Waals surface area (Å²) in [6.45, 7) is 0. The van der Waals surface area contributed by atoms with E-state index in [1.807, 2.05) is 0 Å². The van der Waals surface area contributed by atoms with Gasteiger partial charge in [0.25, 0.3) is 20.0 Å². The van der Waals surface area contributed by atoms with Gasteiger partial charge in [0.05, 0.1) is 16.9 Å². The van der Waals surface area contributed by atoms with E-state index in [2.05, 4.69) is 35.6 Å². The van der Waals surface area contributed by atoms with Crippen LogP contribution in [-0.2, 0) is 20.0 Å². The van der Waals surface area contributed by atoms with Crippen molar-refractivity contribution in [3.8, 4) is 5.88 Å². The molecule has 0 bridgehead atoms. The van der Waals surface area contributed by atoms with E-state index in [-0.39, 0.29) is 27.2 Å². The number of rotatable bonds is 7. The highest BCUT2D eigenvalue weighted by molar-refractivity contribution is 9.10. The van der Waals surface area contributed by atoms with Gasteiger partial charge < -0.3 is 4.74 Å². The van der Waals surface area contributed by atoms with Crippen molar-refractivity contribution < 1.29 is 21.6 Å². The summed E-state index contributed by atoms with van der Waals surface area (Å²) in [5, 5.41) is 7.39. The van der Waals surface area contributed by atoms with Crippen LogP contribution in [0.15, 0.2) is 74.9 Å². The number of benzene rings is 2. The summed E-state index contributed by atoms with van der Waals surface area (Å²) < 4.78 is 60.0. The SMILES string of the molecule is COc1ccc(NS(=O)(=O)c2ccc(NS(=O)(=O)c3cccc(Br)c3)cc2)nn1. The smallest absolute Gasteiger partial charge is 0.263 e. The fourth-order valence-electron chi connectivity index (χ4n) is 2.23. The van der Waals surface area contributed by atoms with E-state index in [1.54, 1.807) is 12.1 Å². The van der Waals surface area contributed by atoms with Crippen LogP contribution in [0.5, 0.6) is 5.88 Å². The standard InChI is InChI=1S/C17H15BrN4O5S2/c1-27-17-10-9-16(19-20-17)22-28(23,24)14-7-5-13(6-8-14)21-29(25,26)15-4-2-3-12(18)11-15/h2-11,21H,1H3,(H,19,22). The van der Waals surface area contributed by atoms with Gasteiger partial charge in [-0.2, -0.15) is 0 Å². The van der Waals surface area contributed by atoms with Crippen molar-refractivity contribution in [2.45, 2.75) is 9.79 Å². The quantitative estimate of drug-likeness (QED) is 0.512. The van der Waals surface area contributed by atoms with Crippen LogP contribution < -0.4 is 14.2 Å². The van der Waals surface area contributed by atoms with Crippen LogP contribution in [0.4, 0.5) is 11.5 Å². The van der Waals surface area contributed by atoms with Crippen molar-refractivity contribution in [2.24, 2.45) is 0 Å². The summed E-state index contributed by atoms with van der Waals surface area (Å²) in [4.78, 5) is 0.00356. The molecule has 152 valence electrons. The topological polar surface area (TPSA) is 127 Å². The van der Waals surface area contributed by atoms with Gasteiger partial charge in [-0.15, -0.1) is 10.2 Å². The minimum Gasteiger partial charge on any atom is -0.480 e. The summed E-state index contributed by atoms with van der Waals surface area (Å²) in [7, 11) is -6.33. The molecule has 0 radical (unpaired) electrons. The number of sulfonamides is 2. The van der Waals surface area contributed by atoms with Crippen LogP contribution in [0.3, 0.4) is 0 Å². The Morgan fingerprint density at radius 1 is 0.828 bits per heavy atom. The van der Waals surface area contributed by atoms with Crippen molar-refractivity contribution in [3.63, 3.8) is 0 Å². The molecule has 0 atom stereocenters. The molecule has 0 saturated carbocycles. The lowest BCUT2D eigenvalue weighted by molar-refractivity contribution is 0.392. The molecule has 29 heavy (non-hydrogen) atoms. The molecule has 0 aliphatic rings. The minimum atomic E-state index is -3.93. The van der Waals surface area contributed by atoms with Gasteiger partial charge in [0.1, 0.15) is 0 Å². The summed E-state index contributed by atoms with van der Waals surface area (Å²) in [6, 6.07) is 14.3. The average Bonchev–Trinajstić information content (AvgIpc) is 2.68. The Labute approximate surface area is 176 Å². The number of hydrogen-bond donors (Lipinski definition) is 2. The fraction of sp³-hybridized carbons (Fsp3) is 0.0588. The number of anilines is 2. The molecule has 0 fully saturated rings. The lowest BCUT2D eigenvalue weighted by atomic mass is 10.3. The lowest BCUT2D eigenvalue weighted by Gasteiger charge is -2.10. The Bertz CT molecular complexity index is 1220. The Kier molecular flexibility index (Phi) is 6.05. The Hall–Kier alpha value is -2.70. The first-order valence-electron chi connectivity index (χ1n) is 7.99. The monoisotopic (exact) mass is 498 g/mol. The molecule has 12 heteroatoms. The second-order valence-corrected chi connectivity index (χ2v) is 9.93. The number of nitrogens with one attached hydrogen (secondary N) is 2. The highest BCUT2D eigenvalue weighted by Gasteiger charge is 2.17. The maximum Gasteiger partial charge on any atom is 0.263 e. The van der Waals surface area contributed by atoms with E-state index in [9.17, 15) is 16.8 Å². The maximum absolute atomic E-state index is 12.5. The molecule has 9 nitrogen and oxygen atoms in total. The number of aromatic nitrogens is 2. The molecule has 0 aliphatic heterocycles. The van der Waals surface area contributed by atoms with Crippen LogP contribution in [0.25, 0.3) is 0 Å². The van der Waals surface area contributed by atoms with Crippen molar-refractivity contribution >= 4 is 47.5 Å². The number of halogens is 1. The molecule has 1 heterocycles. The van der Waals surface area contributed by atoms with Gasteiger partial charge in [-0.1, -0.05) is 22.0 Å². The summed E-state index contributed by atoms with van der Waals surface area (Å²) in [5.74, 6) is 0.264. The van der Waals surface area contributed by atoms with E-state index < -0.39 is 20.0 Å². The second-order valence-electron chi connectivity index (χ2n) is 5.65. The molecule has 1 aromatic heterocycles. The average molecular weight is 499 g/mol. The highest BCUT2D eigenvalue weighted by Crippen LogP contribution is 2.22. The van der Waals surface area contributed by atoms with E-state index in [1.165, 1.54) is 55.6 Å². The predicted molar refractivity (Wildman–Crippen MR) is 111 cm³/mol. The number of hydrogen-bond acceptors (Lipinski definition) is 7. The molecule has 0 aliphatic carbocycles. The first kappa shape index (κ1) is 21.0. The summed E-state index contributed by atoms with van der Waals surface area (Å²) >= 11 is 3.22. The molecule has 2 aromatic carbocycles. The van der Waals surface area contributed by atoms with E-state index >= 15 is 0 Å². The largest absolute Gasteiger partial charge is 0.480 e. The van der Waals surface area contributed by atoms with E-state index in [0.717, 1.165) is 0 Å². The molecule has 0 amide bonds. The van der Waals surface area contributed by atoms with Gasteiger partial charge in [0.15, 0.2) is 5.82 Å². The highest BCUT2D eigenvalue weighted by atomic mass is 79.9. The number of methoxy groups -OCH3 is 1. The first-order chi connectivity index (χ1) is 13.7. The summed E-state index contributed by atoms with van der Waals surface area (Å²) in [6.07, 6.45) is 0. The number of ether oxygens (including phenoxy) is 1. The van der Waals surface area contributed by atoms with Gasteiger partial charge in [-0.05, 0) is 48.5 Å². The fourth-order valence-corrected chi connectivity index (χ4v) is 4.88. The van der Waals surface area contributed by atoms with Crippen LogP contribution in [0.2, 0.25) is 0 Å². The number of nitrogens with zero attached hydrogens (tertiary/aromatic N) is 2. The van der Waals surface area contributed by atoms with Crippen molar-refractivity contribution in [2.75, 3.05) is 16.6 Å².